The van der Waals surface area contributed by atoms with E-state index in [1.807, 2.05) is 28.8 Å². The summed E-state index contributed by atoms with van der Waals surface area (Å²) < 4.78 is 2.02. The molecule has 2 aromatic carbocycles. The van der Waals surface area contributed by atoms with Crippen molar-refractivity contribution >= 4 is 23.1 Å². The van der Waals surface area contributed by atoms with Gasteiger partial charge in [0, 0.05) is 29.4 Å². The van der Waals surface area contributed by atoms with Gasteiger partial charge >= 0.3 is 0 Å². The number of fused-ring (bicyclic) bond motifs is 1. The zero-order chi connectivity index (χ0) is 19.5. The van der Waals surface area contributed by atoms with Crippen LogP contribution in [0.2, 0.25) is 5.02 Å². The zero-order valence-corrected chi connectivity index (χ0v) is 16.6. The van der Waals surface area contributed by atoms with Gasteiger partial charge in [0.25, 0.3) is 0 Å². The van der Waals surface area contributed by atoms with Crippen LogP contribution in [0.25, 0.3) is 16.8 Å². The van der Waals surface area contributed by atoms with Gasteiger partial charge in [0.2, 0.25) is 0 Å². The lowest BCUT2D eigenvalue weighted by Crippen LogP contribution is -2.05. The predicted octanol–water partition coefficient (Wildman–Crippen LogP) is 6.39. The van der Waals surface area contributed by atoms with E-state index in [9.17, 15) is 0 Å². The maximum absolute atomic E-state index is 6.10. The topological polar surface area (TPSA) is 29.3 Å². The molecule has 0 unspecified atom stereocenters. The van der Waals surface area contributed by atoms with Crippen molar-refractivity contribution in [1.29, 1.82) is 0 Å². The fraction of sp³-hybridized carbons (Fsp3) is 0.125. The number of halogens is 1. The maximum atomic E-state index is 6.10. The number of hydrogen-bond acceptors (Lipinski definition) is 2. The van der Waals surface area contributed by atoms with Gasteiger partial charge in [0.05, 0.1) is 5.69 Å². The van der Waals surface area contributed by atoms with Crippen LogP contribution >= 0.6 is 11.6 Å². The summed E-state index contributed by atoms with van der Waals surface area (Å²) in [5.74, 6) is 0.958. The maximum Gasteiger partial charge on any atom is 0.140 e. The third-order valence-corrected chi connectivity index (χ3v) is 5.00. The summed E-state index contributed by atoms with van der Waals surface area (Å²) in [6.07, 6.45) is 3.52. The molecule has 1 N–H and O–H groups in total. The van der Waals surface area contributed by atoms with E-state index in [-0.39, 0.29) is 0 Å². The number of anilines is 1. The molecule has 0 amide bonds. The van der Waals surface area contributed by atoms with E-state index in [0.29, 0.717) is 5.02 Å². The lowest BCUT2D eigenvalue weighted by molar-refractivity contribution is 1.05. The minimum atomic E-state index is 0.684. The lowest BCUT2D eigenvalue weighted by atomic mass is 10.0. The molecule has 2 heterocycles. The van der Waals surface area contributed by atoms with Crippen molar-refractivity contribution in [2.45, 2.75) is 19.8 Å². The normalized spacial score (nSPS) is 10.9. The first-order valence-corrected chi connectivity index (χ1v) is 9.77. The number of rotatable bonds is 6. The molecular weight excluding hydrogens is 366 g/mol. The van der Waals surface area contributed by atoms with Crippen LogP contribution < -0.4 is 5.32 Å². The summed E-state index contributed by atoms with van der Waals surface area (Å²) in [6.45, 7) is 6.32. The smallest absolute Gasteiger partial charge is 0.140 e. The Morgan fingerprint density at radius 1 is 1.04 bits per heavy atom. The molecule has 0 spiro atoms. The molecule has 28 heavy (non-hydrogen) atoms. The molecule has 0 atom stereocenters. The number of aryl methyl sites for hydroxylation is 1. The van der Waals surface area contributed by atoms with Gasteiger partial charge in [-0.25, -0.2) is 4.98 Å². The van der Waals surface area contributed by atoms with Gasteiger partial charge in [-0.1, -0.05) is 79.7 Å². The quantitative estimate of drug-likeness (QED) is 0.415. The molecular formula is C24H22ClN3. The molecule has 0 fully saturated rings. The molecule has 4 heteroatoms. The first-order chi connectivity index (χ1) is 13.6. The molecule has 0 saturated carbocycles. The Bertz CT molecular complexity index is 1110. The second kappa shape index (κ2) is 7.91. The van der Waals surface area contributed by atoms with E-state index < -0.39 is 0 Å². The molecule has 4 rings (SSSR count). The van der Waals surface area contributed by atoms with Crippen LogP contribution in [0.1, 0.15) is 18.2 Å². The number of pyridine rings is 1. The van der Waals surface area contributed by atoms with Gasteiger partial charge in [0.1, 0.15) is 11.5 Å². The number of benzene rings is 2. The van der Waals surface area contributed by atoms with Gasteiger partial charge in [0.15, 0.2) is 0 Å². The Labute approximate surface area is 170 Å². The second-order valence-electron chi connectivity index (χ2n) is 6.80. The molecule has 0 aliphatic rings. The van der Waals surface area contributed by atoms with Crippen molar-refractivity contribution in [1.82, 2.24) is 9.38 Å². The first kappa shape index (κ1) is 18.3. The van der Waals surface area contributed by atoms with E-state index in [1.165, 1.54) is 16.7 Å². The summed E-state index contributed by atoms with van der Waals surface area (Å²) in [6, 6.07) is 22.8. The Hall–Kier alpha value is -3.04. The predicted molar refractivity (Wildman–Crippen MR) is 118 cm³/mol. The zero-order valence-electron chi connectivity index (χ0n) is 15.8. The van der Waals surface area contributed by atoms with Crippen LogP contribution in [0.5, 0.6) is 0 Å². The fourth-order valence-electron chi connectivity index (χ4n) is 3.35. The molecule has 0 aliphatic heterocycles. The van der Waals surface area contributed by atoms with Crippen LogP contribution in [0.3, 0.4) is 0 Å². The molecule has 0 bridgehead atoms. The SMILES string of the molecule is C=C(Cc1ccc(-c2ccccc2)cc1)Nc1c(CC)nc2cc(Cl)ccn12. The van der Waals surface area contributed by atoms with E-state index in [1.54, 1.807) is 0 Å². The lowest BCUT2D eigenvalue weighted by Gasteiger charge is -2.12. The molecule has 0 aliphatic carbocycles. The Morgan fingerprint density at radius 2 is 1.75 bits per heavy atom. The summed E-state index contributed by atoms with van der Waals surface area (Å²) >= 11 is 6.10. The first-order valence-electron chi connectivity index (χ1n) is 9.39. The fourth-order valence-corrected chi connectivity index (χ4v) is 3.51. The minimum absolute atomic E-state index is 0.684. The van der Waals surface area contributed by atoms with Gasteiger partial charge in [-0.15, -0.1) is 0 Å². The highest BCUT2D eigenvalue weighted by Crippen LogP contribution is 2.24. The number of nitrogens with one attached hydrogen (secondary N) is 1. The van der Waals surface area contributed by atoms with Crippen LogP contribution in [-0.4, -0.2) is 9.38 Å². The monoisotopic (exact) mass is 387 g/mol. The van der Waals surface area contributed by atoms with Crippen molar-refractivity contribution in [3.63, 3.8) is 0 Å². The standard InChI is InChI=1S/C24H22ClN3/c1-3-22-24(28-14-13-21(25)16-23(28)27-22)26-17(2)15-18-9-11-20(12-10-18)19-7-5-4-6-8-19/h4-14,16,26H,2-3,15H2,1H3. The number of hydrogen-bond donors (Lipinski definition) is 1. The Morgan fingerprint density at radius 3 is 2.46 bits per heavy atom. The molecule has 3 nitrogen and oxygen atoms in total. The van der Waals surface area contributed by atoms with Gasteiger partial charge < -0.3 is 5.32 Å². The van der Waals surface area contributed by atoms with E-state index >= 15 is 0 Å². The average molecular weight is 388 g/mol. The van der Waals surface area contributed by atoms with Crippen LogP contribution in [0.15, 0.2) is 85.2 Å². The largest absolute Gasteiger partial charge is 0.344 e. The summed E-state index contributed by atoms with van der Waals surface area (Å²) in [5.41, 5.74) is 6.43. The summed E-state index contributed by atoms with van der Waals surface area (Å²) in [7, 11) is 0. The third-order valence-electron chi connectivity index (χ3n) is 4.77. The summed E-state index contributed by atoms with van der Waals surface area (Å²) in [4.78, 5) is 4.67. The molecule has 2 aromatic heterocycles. The Kier molecular flexibility index (Phi) is 5.18. The van der Waals surface area contributed by atoms with Gasteiger partial charge in [-0.3, -0.25) is 4.40 Å². The van der Waals surface area contributed by atoms with Crippen molar-refractivity contribution in [2.75, 3.05) is 5.32 Å². The highest BCUT2D eigenvalue weighted by atomic mass is 35.5. The van der Waals surface area contributed by atoms with Crippen molar-refractivity contribution in [2.24, 2.45) is 0 Å². The van der Waals surface area contributed by atoms with Crippen LogP contribution in [0, 0.1) is 0 Å². The molecule has 0 saturated heterocycles. The summed E-state index contributed by atoms with van der Waals surface area (Å²) in [5, 5.41) is 4.15. The van der Waals surface area contributed by atoms with E-state index in [0.717, 1.165) is 35.7 Å². The number of nitrogens with zero attached hydrogens (tertiary/aromatic N) is 2. The molecule has 140 valence electrons. The average Bonchev–Trinajstić information content (AvgIpc) is 3.05. The van der Waals surface area contributed by atoms with Gasteiger partial charge in [-0.05, 0) is 29.2 Å². The van der Waals surface area contributed by atoms with Crippen LogP contribution in [0.4, 0.5) is 5.82 Å². The minimum Gasteiger partial charge on any atom is -0.344 e. The van der Waals surface area contributed by atoms with E-state index in [2.05, 4.69) is 72.3 Å². The van der Waals surface area contributed by atoms with Crippen molar-refractivity contribution < 1.29 is 0 Å². The Balaban J connectivity index is 1.51. The second-order valence-corrected chi connectivity index (χ2v) is 7.24. The molecule has 0 radical (unpaired) electrons. The van der Waals surface area contributed by atoms with E-state index in [4.69, 9.17) is 11.6 Å². The van der Waals surface area contributed by atoms with Crippen molar-refractivity contribution in [3.8, 4) is 11.1 Å². The number of allylic oxidation sites excluding steroid dienone is 1. The number of imidazole rings is 1. The van der Waals surface area contributed by atoms with Gasteiger partial charge in [-0.2, -0.15) is 0 Å². The highest BCUT2D eigenvalue weighted by Gasteiger charge is 2.12. The molecule has 4 aromatic rings. The van der Waals surface area contributed by atoms with Crippen molar-refractivity contribution in [3.05, 3.63) is 101 Å². The van der Waals surface area contributed by atoms with Crippen LogP contribution in [-0.2, 0) is 12.8 Å². The highest BCUT2D eigenvalue weighted by molar-refractivity contribution is 6.30. The third kappa shape index (κ3) is 3.80. The number of aromatic nitrogens is 2.